The van der Waals surface area contributed by atoms with E-state index in [9.17, 15) is 5.26 Å². The number of unbranched alkanes of at least 4 members (excludes halogenated alkanes) is 2. The summed E-state index contributed by atoms with van der Waals surface area (Å²) in [5.74, 6) is 2.85. The van der Waals surface area contributed by atoms with Gasteiger partial charge in [0.25, 0.3) is 0 Å². The molecule has 138 valence electrons. The molecule has 0 radical (unpaired) electrons. The second-order valence-electron chi connectivity index (χ2n) is 9.05. The lowest BCUT2D eigenvalue weighted by Crippen LogP contribution is -2.27. The van der Waals surface area contributed by atoms with Gasteiger partial charge in [-0.1, -0.05) is 78.1 Å². The van der Waals surface area contributed by atoms with E-state index in [0.29, 0.717) is 0 Å². The van der Waals surface area contributed by atoms with E-state index >= 15 is 0 Å². The van der Waals surface area contributed by atoms with Crippen LogP contribution in [0.1, 0.15) is 117 Å². The van der Waals surface area contributed by atoms with Gasteiger partial charge < -0.3 is 0 Å². The first-order valence-electron chi connectivity index (χ1n) is 11.1. The largest absolute Gasteiger partial charge is 0.198 e. The van der Waals surface area contributed by atoms with Crippen molar-refractivity contribution in [3.63, 3.8) is 0 Å². The van der Waals surface area contributed by atoms with Crippen LogP contribution >= 0.6 is 0 Å². The van der Waals surface area contributed by atoms with Crippen molar-refractivity contribution >= 4 is 0 Å². The van der Waals surface area contributed by atoms with Crippen molar-refractivity contribution in [3.05, 3.63) is 0 Å². The summed E-state index contributed by atoms with van der Waals surface area (Å²) in [5, 5.41) is 9.83. The number of rotatable bonds is 9. The average Bonchev–Trinajstić information content (AvgIpc) is 2.63. The fourth-order valence-electron chi connectivity index (χ4n) is 5.32. The topological polar surface area (TPSA) is 23.8 Å². The van der Waals surface area contributed by atoms with Gasteiger partial charge in [0.2, 0.25) is 0 Å². The Balaban J connectivity index is 1.68. The Morgan fingerprint density at radius 3 is 1.88 bits per heavy atom. The summed E-state index contributed by atoms with van der Waals surface area (Å²) in [4.78, 5) is 0. The van der Waals surface area contributed by atoms with E-state index in [2.05, 4.69) is 19.9 Å². The lowest BCUT2D eigenvalue weighted by Gasteiger charge is -2.37. The normalized spacial score (nSPS) is 34.0. The van der Waals surface area contributed by atoms with Crippen LogP contribution in [0.5, 0.6) is 0 Å². The molecule has 2 aliphatic carbocycles. The highest BCUT2D eigenvalue weighted by atomic mass is 14.4. The van der Waals surface area contributed by atoms with E-state index in [0.717, 1.165) is 17.8 Å². The molecule has 0 saturated heterocycles. The Labute approximate surface area is 151 Å². The smallest absolute Gasteiger partial charge is 0.0689 e. The summed E-state index contributed by atoms with van der Waals surface area (Å²) < 4.78 is 0. The SMILES string of the molecule is CCCCC[C@H]1CC[C@@](C#N)(CC[C@H]2CC[C@H](CCC)CC2)CC1. The van der Waals surface area contributed by atoms with Crippen molar-refractivity contribution < 1.29 is 0 Å². The highest BCUT2D eigenvalue weighted by Gasteiger charge is 2.35. The van der Waals surface area contributed by atoms with Gasteiger partial charge in [0.1, 0.15) is 0 Å². The summed E-state index contributed by atoms with van der Waals surface area (Å²) in [7, 11) is 0. The lowest BCUT2D eigenvalue weighted by atomic mass is 9.66. The third-order valence-corrected chi connectivity index (χ3v) is 7.21. The standard InChI is InChI=1S/C23H41N/c1-3-5-6-8-21-13-16-23(19-24,17-14-21)18-15-22-11-9-20(7-4-2)10-12-22/h20-22H,3-18H2,1-2H3/t20-,21-,22-,23-. The fraction of sp³-hybridized carbons (Fsp3) is 0.957. The molecule has 0 amide bonds. The first kappa shape index (κ1) is 19.8. The van der Waals surface area contributed by atoms with E-state index in [-0.39, 0.29) is 5.41 Å². The molecule has 0 aliphatic heterocycles. The monoisotopic (exact) mass is 331 g/mol. The Morgan fingerprint density at radius 2 is 1.33 bits per heavy atom. The molecular formula is C23H41N. The summed E-state index contributed by atoms with van der Waals surface area (Å²) in [6.07, 6.45) is 21.6. The second-order valence-corrected chi connectivity index (χ2v) is 9.05. The van der Waals surface area contributed by atoms with Crippen LogP contribution in [-0.2, 0) is 0 Å². The number of hydrogen-bond acceptors (Lipinski definition) is 1. The summed E-state index contributed by atoms with van der Waals surface area (Å²) in [6.45, 7) is 4.61. The maximum Gasteiger partial charge on any atom is 0.0689 e. The third kappa shape index (κ3) is 6.09. The molecule has 0 bridgehead atoms. The Bertz CT molecular complexity index is 364. The maximum absolute atomic E-state index is 9.83. The van der Waals surface area contributed by atoms with Crippen molar-refractivity contribution in [1.29, 1.82) is 5.26 Å². The lowest BCUT2D eigenvalue weighted by molar-refractivity contribution is 0.163. The van der Waals surface area contributed by atoms with Crippen LogP contribution in [0.2, 0.25) is 0 Å². The van der Waals surface area contributed by atoms with Crippen LogP contribution in [0.25, 0.3) is 0 Å². The van der Waals surface area contributed by atoms with Crippen LogP contribution in [-0.4, -0.2) is 0 Å². The second kappa shape index (κ2) is 10.5. The molecule has 0 aromatic rings. The van der Waals surface area contributed by atoms with E-state index in [4.69, 9.17) is 0 Å². The highest BCUT2D eigenvalue weighted by molar-refractivity contribution is 5.01. The molecule has 2 fully saturated rings. The first-order chi connectivity index (χ1) is 11.7. The molecule has 0 spiro atoms. The number of nitrogens with zero attached hydrogens (tertiary/aromatic N) is 1. The third-order valence-electron chi connectivity index (χ3n) is 7.21. The Kier molecular flexibility index (Phi) is 8.65. The highest BCUT2D eigenvalue weighted by Crippen LogP contribution is 2.45. The summed E-state index contributed by atoms with van der Waals surface area (Å²) >= 11 is 0. The minimum atomic E-state index is 0.0432. The van der Waals surface area contributed by atoms with Gasteiger partial charge in [0.05, 0.1) is 11.5 Å². The molecule has 24 heavy (non-hydrogen) atoms. The zero-order valence-electron chi connectivity index (χ0n) is 16.5. The molecule has 0 unspecified atom stereocenters. The van der Waals surface area contributed by atoms with Crippen LogP contribution in [0.3, 0.4) is 0 Å². The van der Waals surface area contributed by atoms with Crippen LogP contribution < -0.4 is 0 Å². The van der Waals surface area contributed by atoms with Gasteiger partial charge in [-0.2, -0.15) is 5.26 Å². The quantitative estimate of drug-likeness (QED) is 0.398. The van der Waals surface area contributed by atoms with Crippen molar-refractivity contribution in [3.8, 4) is 6.07 Å². The number of nitriles is 1. The molecule has 0 heterocycles. The molecule has 2 rings (SSSR count). The zero-order chi connectivity index (χ0) is 17.3. The zero-order valence-corrected chi connectivity index (χ0v) is 16.5. The van der Waals surface area contributed by atoms with E-state index in [1.807, 2.05) is 0 Å². The van der Waals surface area contributed by atoms with Crippen LogP contribution in [0.15, 0.2) is 0 Å². The molecular weight excluding hydrogens is 290 g/mol. The fourth-order valence-corrected chi connectivity index (χ4v) is 5.32. The van der Waals surface area contributed by atoms with Crippen molar-refractivity contribution in [1.82, 2.24) is 0 Å². The number of hydrogen-bond donors (Lipinski definition) is 0. The molecule has 1 nitrogen and oxygen atoms in total. The molecule has 2 saturated carbocycles. The van der Waals surface area contributed by atoms with Crippen LogP contribution in [0.4, 0.5) is 0 Å². The van der Waals surface area contributed by atoms with Gasteiger partial charge in [-0.15, -0.1) is 0 Å². The van der Waals surface area contributed by atoms with E-state index < -0.39 is 0 Å². The van der Waals surface area contributed by atoms with Gasteiger partial charge in [-0.3, -0.25) is 0 Å². The van der Waals surface area contributed by atoms with Gasteiger partial charge in [0, 0.05) is 0 Å². The van der Waals surface area contributed by atoms with Crippen LogP contribution in [0, 0.1) is 34.5 Å². The maximum atomic E-state index is 9.83. The van der Waals surface area contributed by atoms with Crippen molar-refractivity contribution in [2.45, 2.75) is 117 Å². The predicted molar refractivity (Wildman–Crippen MR) is 104 cm³/mol. The Morgan fingerprint density at radius 1 is 0.750 bits per heavy atom. The van der Waals surface area contributed by atoms with Crippen molar-refractivity contribution in [2.24, 2.45) is 23.2 Å². The minimum Gasteiger partial charge on any atom is -0.198 e. The molecule has 0 N–H and O–H groups in total. The first-order valence-corrected chi connectivity index (χ1v) is 11.1. The Hall–Kier alpha value is -0.510. The van der Waals surface area contributed by atoms with Crippen molar-refractivity contribution in [2.75, 3.05) is 0 Å². The summed E-state index contributed by atoms with van der Waals surface area (Å²) in [5.41, 5.74) is 0.0432. The molecule has 0 aromatic heterocycles. The van der Waals surface area contributed by atoms with E-state index in [1.165, 1.54) is 103 Å². The molecule has 2 aliphatic rings. The summed E-state index contributed by atoms with van der Waals surface area (Å²) in [6, 6.07) is 2.77. The average molecular weight is 332 g/mol. The predicted octanol–water partition coefficient (Wildman–Crippen LogP) is 7.65. The van der Waals surface area contributed by atoms with E-state index in [1.54, 1.807) is 0 Å². The minimum absolute atomic E-state index is 0.0432. The van der Waals surface area contributed by atoms with Gasteiger partial charge in [0.15, 0.2) is 0 Å². The van der Waals surface area contributed by atoms with Gasteiger partial charge in [-0.05, 0) is 56.3 Å². The molecule has 0 atom stereocenters. The molecule has 0 aromatic carbocycles. The molecule has 1 heteroatoms. The van der Waals surface area contributed by atoms with Gasteiger partial charge in [-0.25, -0.2) is 0 Å². The van der Waals surface area contributed by atoms with Gasteiger partial charge >= 0.3 is 0 Å².